The summed E-state index contributed by atoms with van der Waals surface area (Å²) in [5.74, 6) is -0.372. The van der Waals surface area contributed by atoms with Crippen molar-refractivity contribution in [2.45, 2.75) is 25.2 Å². The summed E-state index contributed by atoms with van der Waals surface area (Å²) in [6.07, 6.45) is 0.776. The molecular weight excluding hydrogens is 345 g/mol. The van der Waals surface area contributed by atoms with Crippen molar-refractivity contribution in [3.63, 3.8) is 0 Å². The molecule has 0 bridgehead atoms. The van der Waals surface area contributed by atoms with E-state index in [1.165, 1.54) is 0 Å². The zero-order valence-electron chi connectivity index (χ0n) is 11.0. The summed E-state index contributed by atoms with van der Waals surface area (Å²) in [5.41, 5.74) is 0.0358. The highest BCUT2D eigenvalue weighted by Gasteiger charge is 2.22. The van der Waals surface area contributed by atoms with Gasteiger partial charge in [-0.3, -0.25) is 4.79 Å². The third-order valence-corrected chi connectivity index (χ3v) is 4.81. The van der Waals surface area contributed by atoms with Gasteiger partial charge in [-0.15, -0.1) is 0 Å². The van der Waals surface area contributed by atoms with Crippen LogP contribution in [-0.4, -0.2) is 32.3 Å². The molecule has 0 saturated heterocycles. The Hall–Kier alpha value is -0.490. The van der Waals surface area contributed by atoms with Gasteiger partial charge in [0.15, 0.2) is 0 Å². The van der Waals surface area contributed by atoms with E-state index < -0.39 is 9.05 Å². The highest BCUT2D eigenvalue weighted by Crippen LogP contribution is 2.31. The summed E-state index contributed by atoms with van der Waals surface area (Å²) in [5, 5.41) is -0.000389. The first-order valence-corrected chi connectivity index (χ1v) is 9.01. The summed E-state index contributed by atoms with van der Waals surface area (Å²) in [6.45, 7) is 4.79. The van der Waals surface area contributed by atoms with Gasteiger partial charge in [0.05, 0.1) is 20.5 Å². The molecule has 0 unspecified atom stereocenters. The highest BCUT2D eigenvalue weighted by atomic mass is 35.7. The van der Waals surface area contributed by atoms with Gasteiger partial charge in [0.2, 0.25) is 0 Å². The normalized spacial score (nSPS) is 11.4. The van der Waals surface area contributed by atoms with Crippen molar-refractivity contribution in [3.8, 4) is 0 Å². The third-order valence-electron chi connectivity index (χ3n) is 2.68. The Labute approximate surface area is 133 Å². The molecule has 0 radical (unpaired) electrons. The molecule has 0 aliphatic carbocycles. The second-order valence-electron chi connectivity index (χ2n) is 4.09. The van der Waals surface area contributed by atoms with Gasteiger partial charge in [0.1, 0.15) is 0 Å². The number of halogens is 3. The lowest BCUT2D eigenvalue weighted by Crippen LogP contribution is -2.31. The fraction of sp³-hybridized carbons (Fsp3) is 0.417. The number of carbonyl (C=O) groups excluding carboxylic acids is 1. The van der Waals surface area contributed by atoms with E-state index in [9.17, 15) is 13.2 Å². The molecule has 0 aromatic heterocycles. The van der Waals surface area contributed by atoms with E-state index in [1.54, 1.807) is 4.90 Å². The minimum absolute atomic E-state index is 0.0234. The average Bonchev–Trinajstić information content (AvgIpc) is 2.37. The van der Waals surface area contributed by atoms with Gasteiger partial charge in [-0.05, 0) is 25.5 Å². The number of amides is 1. The molecule has 0 atom stereocenters. The number of hydrogen-bond donors (Lipinski definition) is 0. The largest absolute Gasteiger partial charge is 0.339 e. The molecule has 1 amide bonds. The lowest BCUT2D eigenvalue weighted by atomic mass is 10.2. The molecule has 1 rings (SSSR count). The Morgan fingerprint density at radius 2 is 1.85 bits per heavy atom. The summed E-state index contributed by atoms with van der Waals surface area (Å²) >= 11 is 11.9. The van der Waals surface area contributed by atoms with Crippen LogP contribution in [0.2, 0.25) is 10.0 Å². The highest BCUT2D eigenvalue weighted by molar-refractivity contribution is 8.13. The molecular formula is C12H14Cl3NO3S. The number of nitrogens with zero attached hydrogens (tertiary/aromatic N) is 1. The van der Waals surface area contributed by atoms with E-state index in [0.717, 1.165) is 18.6 Å². The molecule has 1 aromatic rings. The van der Waals surface area contributed by atoms with Crippen LogP contribution < -0.4 is 0 Å². The van der Waals surface area contributed by atoms with E-state index in [-0.39, 0.29) is 26.4 Å². The number of rotatable bonds is 5. The number of carbonyl (C=O) groups is 1. The van der Waals surface area contributed by atoms with Crippen LogP contribution in [0.3, 0.4) is 0 Å². The zero-order chi connectivity index (χ0) is 15.5. The van der Waals surface area contributed by atoms with Crippen molar-refractivity contribution >= 4 is 48.8 Å². The van der Waals surface area contributed by atoms with Crippen LogP contribution in [0.15, 0.2) is 17.0 Å². The van der Waals surface area contributed by atoms with Crippen LogP contribution in [0.25, 0.3) is 0 Å². The first kappa shape index (κ1) is 17.6. The lowest BCUT2D eigenvalue weighted by Gasteiger charge is -2.21. The number of benzene rings is 1. The molecule has 112 valence electrons. The molecule has 0 saturated carbocycles. The van der Waals surface area contributed by atoms with Crippen molar-refractivity contribution in [2.24, 2.45) is 0 Å². The fourth-order valence-corrected chi connectivity index (χ4v) is 2.96. The van der Waals surface area contributed by atoms with Gasteiger partial charge in [0.25, 0.3) is 15.0 Å². The van der Waals surface area contributed by atoms with Gasteiger partial charge in [-0.1, -0.05) is 30.1 Å². The predicted octanol–water partition coefficient (Wildman–Crippen LogP) is 3.79. The molecule has 0 fully saturated rings. The lowest BCUT2D eigenvalue weighted by molar-refractivity contribution is 0.0764. The molecule has 8 heteroatoms. The Morgan fingerprint density at radius 1 is 1.25 bits per heavy atom. The van der Waals surface area contributed by atoms with Crippen LogP contribution in [-0.2, 0) is 9.05 Å². The van der Waals surface area contributed by atoms with Gasteiger partial charge in [0, 0.05) is 23.8 Å². The number of hydrogen-bond acceptors (Lipinski definition) is 3. The first-order valence-electron chi connectivity index (χ1n) is 5.95. The molecule has 20 heavy (non-hydrogen) atoms. The topological polar surface area (TPSA) is 54.5 Å². The van der Waals surface area contributed by atoms with Gasteiger partial charge in [-0.2, -0.15) is 0 Å². The summed E-state index contributed by atoms with van der Waals surface area (Å²) in [6, 6.07) is 2.27. The molecule has 0 aliphatic rings. The van der Waals surface area contributed by atoms with Crippen molar-refractivity contribution < 1.29 is 13.2 Å². The zero-order valence-corrected chi connectivity index (χ0v) is 14.1. The monoisotopic (exact) mass is 357 g/mol. The minimum atomic E-state index is -3.98. The Bertz CT molecular complexity index is 617. The third kappa shape index (κ3) is 4.01. The SMILES string of the molecule is CCCN(CC)C(=O)c1cc(S(=O)(=O)Cl)cc(Cl)c1Cl. The molecule has 0 heterocycles. The Kier molecular flexibility index (Phi) is 6.13. The maximum absolute atomic E-state index is 12.4. The molecule has 4 nitrogen and oxygen atoms in total. The van der Waals surface area contributed by atoms with Gasteiger partial charge >= 0.3 is 0 Å². The van der Waals surface area contributed by atoms with Crippen LogP contribution in [0.1, 0.15) is 30.6 Å². The Balaban J connectivity index is 3.37. The minimum Gasteiger partial charge on any atom is -0.339 e. The standard InChI is InChI=1S/C12H14Cl3NO3S/c1-3-5-16(4-2)12(17)9-6-8(20(15,18)19)7-10(13)11(9)14/h6-7H,3-5H2,1-2H3. The van der Waals surface area contributed by atoms with Crippen molar-refractivity contribution in [3.05, 3.63) is 27.7 Å². The second kappa shape index (κ2) is 6.98. The molecule has 1 aromatic carbocycles. The summed E-state index contributed by atoms with van der Waals surface area (Å²) in [7, 11) is 1.30. The first-order chi connectivity index (χ1) is 9.22. The van der Waals surface area contributed by atoms with E-state index in [4.69, 9.17) is 33.9 Å². The second-order valence-corrected chi connectivity index (χ2v) is 7.44. The molecule has 0 aliphatic heterocycles. The average molecular weight is 359 g/mol. The van der Waals surface area contributed by atoms with E-state index >= 15 is 0 Å². The smallest absolute Gasteiger partial charge is 0.261 e. The van der Waals surface area contributed by atoms with Crippen LogP contribution in [0.4, 0.5) is 0 Å². The van der Waals surface area contributed by atoms with Crippen molar-refractivity contribution in [1.82, 2.24) is 4.90 Å². The van der Waals surface area contributed by atoms with E-state index in [2.05, 4.69) is 0 Å². The van der Waals surface area contributed by atoms with Crippen LogP contribution in [0.5, 0.6) is 0 Å². The maximum Gasteiger partial charge on any atom is 0.261 e. The Morgan fingerprint density at radius 3 is 2.30 bits per heavy atom. The summed E-state index contributed by atoms with van der Waals surface area (Å²) < 4.78 is 22.8. The predicted molar refractivity (Wildman–Crippen MR) is 81.4 cm³/mol. The van der Waals surface area contributed by atoms with E-state index in [1.807, 2.05) is 13.8 Å². The quantitative estimate of drug-likeness (QED) is 0.752. The van der Waals surface area contributed by atoms with E-state index in [0.29, 0.717) is 13.1 Å². The van der Waals surface area contributed by atoms with Crippen LogP contribution >= 0.6 is 33.9 Å². The summed E-state index contributed by atoms with van der Waals surface area (Å²) in [4.78, 5) is 13.7. The maximum atomic E-state index is 12.4. The van der Waals surface area contributed by atoms with Crippen molar-refractivity contribution in [2.75, 3.05) is 13.1 Å². The van der Waals surface area contributed by atoms with Gasteiger partial charge < -0.3 is 4.90 Å². The molecule has 0 N–H and O–H groups in total. The van der Waals surface area contributed by atoms with Crippen LogP contribution in [0, 0.1) is 0 Å². The van der Waals surface area contributed by atoms with Crippen molar-refractivity contribution in [1.29, 1.82) is 0 Å². The fourth-order valence-electron chi connectivity index (χ4n) is 1.70. The van der Waals surface area contributed by atoms with Gasteiger partial charge in [-0.25, -0.2) is 8.42 Å². The molecule has 0 spiro atoms.